The van der Waals surface area contributed by atoms with Gasteiger partial charge >= 0.3 is 0 Å². The van der Waals surface area contributed by atoms with Gasteiger partial charge in [0.2, 0.25) is 5.91 Å². The molecule has 0 saturated carbocycles. The lowest BCUT2D eigenvalue weighted by Gasteiger charge is -2.13. The zero-order chi connectivity index (χ0) is 20.6. The van der Waals surface area contributed by atoms with E-state index in [0.29, 0.717) is 22.9 Å². The molecular formula is C20H17N3O5S. The Morgan fingerprint density at radius 1 is 1.07 bits per heavy atom. The Labute approximate surface area is 171 Å². The van der Waals surface area contributed by atoms with E-state index in [-0.39, 0.29) is 10.9 Å². The van der Waals surface area contributed by atoms with Gasteiger partial charge in [0.05, 0.1) is 25.3 Å². The van der Waals surface area contributed by atoms with Crippen molar-refractivity contribution in [3.63, 3.8) is 0 Å². The van der Waals surface area contributed by atoms with Crippen LogP contribution in [0.4, 0.5) is 11.4 Å². The largest absolute Gasteiger partial charge is 0.494 e. The van der Waals surface area contributed by atoms with Gasteiger partial charge in [0, 0.05) is 17.8 Å². The van der Waals surface area contributed by atoms with Gasteiger partial charge in [-0.25, -0.2) is 0 Å². The van der Waals surface area contributed by atoms with E-state index in [9.17, 15) is 9.59 Å². The summed E-state index contributed by atoms with van der Waals surface area (Å²) in [7, 11) is 1.47. The minimum Gasteiger partial charge on any atom is -0.494 e. The van der Waals surface area contributed by atoms with E-state index in [1.54, 1.807) is 42.5 Å². The molecule has 0 aliphatic heterocycles. The zero-order valence-electron chi connectivity index (χ0n) is 15.3. The average Bonchev–Trinajstić information content (AvgIpc) is 3.41. The first kappa shape index (κ1) is 19.9. The topological polar surface area (TPSA) is 106 Å². The molecule has 3 N–H and O–H groups in total. The van der Waals surface area contributed by atoms with Crippen LogP contribution in [0.5, 0.6) is 5.75 Å². The monoisotopic (exact) mass is 411 g/mol. The van der Waals surface area contributed by atoms with E-state index in [1.807, 2.05) is 0 Å². The first-order chi connectivity index (χ1) is 14.0. The van der Waals surface area contributed by atoms with E-state index in [2.05, 4.69) is 16.0 Å². The summed E-state index contributed by atoms with van der Waals surface area (Å²) in [5, 5.41) is 8.21. The summed E-state index contributed by atoms with van der Waals surface area (Å²) in [6.45, 7) is 0. The summed E-state index contributed by atoms with van der Waals surface area (Å²) in [5.41, 5.74) is 1.02. The Morgan fingerprint density at radius 2 is 1.86 bits per heavy atom. The lowest BCUT2D eigenvalue weighted by Crippen LogP contribution is -2.32. The summed E-state index contributed by atoms with van der Waals surface area (Å²) in [5.74, 6) is 0.326. The van der Waals surface area contributed by atoms with Crippen LogP contribution in [-0.4, -0.2) is 24.0 Å². The Bertz CT molecular complexity index is 1030. The SMILES string of the molecule is COc1cc(NC(=S)NC(=O)C=Cc2ccco2)ccc1NC(=O)c1ccco1. The highest BCUT2D eigenvalue weighted by molar-refractivity contribution is 7.80. The highest BCUT2D eigenvalue weighted by atomic mass is 32.1. The van der Waals surface area contributed by atoms with Crippen LogP contribution < -0.4 is 20.7 Å². The molecule has 2 aromatic heterocycles. The van der Waals surface area contributed by atoms with E-state index in [4.69, 9.17) is 25.8 Å². The molecule has 0 aliphatic rings. The second kappa shape index (κ2) is 9.38. The molecule has 9 heteroatoms. The van der Waals surface area contributed by atoms with Gasteiger partial charge in [-0.2, -0.15) is 0 Å². The second-order valence-corrected chi connectivity index (χ2v) is 6.05. The van der Waals surface area contributed by atoms with Crippen LogP contribution in [0, 0.1) is 0 Å². The quantitative estimate of drug-likeness (QED) is 0.420. The number of furan rings is 2. The number of carbonyl (C=O) groups excluding carboxylic acids is 2. The number of hydrogen-bond acceptors (Lipinski definition) is 6. The number of anilines is 2. The Morgan fingerprint density at radius 3 is 2.55 bits per heavy atom. The molecule has 0 radical (unpaired) electrons. The molecule has 0 spiro atoms. The van der Waals surface area contributed by atoms with Crippen LogP contribution in [0.2, 0.25) is 0 Å². The van der Waals surface area contributed by atoms with Gasteiger partial charge in [-0.15, -0.1) is 0 Å². The van der Waals surface area contributed by atoms with Crippen LogP contribution in [0.1, 0.15) is 16.3 Å². The van der Waals surface area contributed by atoms with Crippen molar-refractivity contribution in [2.75, 3.05) is 17.7 Å². The maximum atomic E-state index is 12.1. The Balaban J connectivity index is 1.59. The fraction of sp³-hybridized carbons (Fsp3) is 0.0500. The number of methoxy groups -OCH3 is 1. The van der Waals surface area contributed by atoms with Gasteiger partial charge in [0.25, 0.3) is 5.91 Å². The Kier molecular flexibility index (Phi) is 6.43. The molecule has 0 fully saturated rings. The first-order valence-corrected chi connectivity index (χ1v) is 8.82. The third kappa shape index (κ3) is 5.56. The fourth-order valence-corrected chi connectivity index (χ4v) is 2.54. The van der Waals surface area contributed by atoms with Crippen molar-refractivity contribution in [1.82, 2.24) is 5.32 Å². The molecule has 2 heterocycles. The molecule has 3 aromatic rings. The van der Waals surface area contributed by atoms with Crippen molar-refractivity contribution in [3.05, 3.63) is 72.6 Å². The van der Waals surface area contributed by atoms with Gasteiger partial charge in [-0.1, -0.05) is 0 Å². The summed E-state index contributed by atoms with van der Waals surface area (Å²) in [6.07, 6.45) is 5.76. The van der Waals surface area contributed by atoms with Gasteiger partial charge in [-0.05, 0) is 54.7 Å². The van der Waals surface area contributed by atoms with Crippen molar-refractivity contribution in [1.29, 1.82) is 0 Å². The molecule has 0 atom stereocenters. The highest BCUT2D eigenvalue weighted by Gasteiger charge is 2.13. The number of thiocarbonyl (C=S) groups is 1. The van der Waals surface area contributed by atoms with Gasteiger partial charge in [0.15, 0.2) is 10.9 Å². The van der Waals surface area contributed by atoms with Crippen LogP contribution in [0.3, 0.4) is 0 Å². The number of nitrogens with one attached hydrogen (secondary N) is 3. The predicted molar refractivity (Wildman–Crippen MR) is 112 cm³/mol. The summed E-state index contributed by atoms with van der Waals surface area (Å²) < 4.78 is 15.5. The molecule has 0 bridgehead atoms. The molecule has 3 rings (SSSR count). The maximum absolute atomic E-state index is 12.1. The van der Waals surface area contributed by atoms with Crippen LogP contribution >= 0.6 is 12.2 Å². The van der Waals surface area contributed by atoms with Crippen LogP contribution in [-0.2, 0) is 4.79 Å². The molecule has 148 valence electrons. The third-order valence-electron chi connectivity index (χ3n) is 3.63. The van der Waals surface area contributed by atoms with Crippen molar-refractivity contribution in [3.8, 4) is 5.75 Å². The van der Waals surface area contributed by atoms with E-state index < -0.39 is 11.8 Å². The van der Waals surface area contributed by atoms with E-state index >= 15 is 0 Å². The number of rotatable bonds is 6. The second-order valence-electron chi connectivity index (χ2n) is 5.64. The van der Waals surface area contributed by atoms with Crippen molar-refractivity contribution >= 4 is 46.6 Å². The third-order valence-corrected chi connectivity index (χ3v) is 3.84. The summed E-state index contributed by atoms with van der Waals surface area (Å²) in [6, 6.07) is 11.6. The molecular weight excluding hydrogens is 394 g/mol. The maximum Gasteiger partial charge on any atom is 0.291 e. The number of benzene rings is 1. The lowest BCUT2D eigenvalue weighted by molar-refractivity contribution is -0.115. The van der Waals surface area contributed by atoms with Crippen LogP contribution in [0.15, 0.2) is 69.9 Å². The van der Waals surface area contributed by atoms with E-state index in [1.165, 1.54) is 31.8 Å². The minimum absolute atomic E-state index is 0.105. The van der Waals surface area contributed by atoms with Crippen molar-refractivity contribution in [2.24, 2.45) is 0 Å². The van der Waals surface area contributed by atoms with Crippen LogP contribution in [0.25, 0.3) is 6.08 Å². The number of carbonyl (C=O) groups is 2. The van der Waals surface area contributed by atoms with Gasteiger partial charge in [0.1, 0.15) is 11.5 Å². The predicted octanol–water partition coefficient (Wildman–Crippen LogP) is 3.66. The molecule has 2 amide bonds. The number of ether oxygens (including phenoxy) is 1. The Hall–Kier alpha value is -3.85. The first-order valence-electron chi connectivity index (χ1n) is 8.41. The molecule has 0 aliphatic carbocycles. The lowest BCUT2D eigenvalue weighted by atomic mass is 10.2. The van der Waals surface area contributed by atoms with Crippen molar-refractivity contribution in [2.45, 2.75) is 0 Å². The van der Waals surface area contributed by atoms with Gasteiger partial charge in [-0.3, -0.25) is 14.9 Å². The average molecular weight is 411 g/mol. The molecule has 29 heavy (non-hydrogen) atoms. The molecule has 0 unspecified atom stereocenters. The normalized spacial score (nSPS) is 10.5. The van der Waals surface area contributed by atoms with Gasteiger partial charge < -0.3 is 24.2 Å². The van der Waals surface area contributed by atoms with Crippen molar-refractivity contribution < 1.29 is 23.2 Å². The molecule has 0 saturated heterocycles. The number of hydrogen-bond donors (Lipinski definition) is 3. The standard InChI is InChI=1S/C20H17N3O5S/c1-26-17-12-13(6-8-15(17)22-19(25)16-5-3-11-28-16)21-20(29)23-18(24)9-7-14-4-2-10-27-14/h2-12H,1H3,(H,22,25)(H2,21,23,24,29). The molecule has 1 aromatic carbocycles. The highest BCUT2D eigenvalue weighted by Crippen LogP contribution is 2.28. The summed E-state index contributed by atoms with van der Waals surface area (Å²) >= 11 is 5.14. The summed E-state index contributed by atoms with van der Waals surface area (Å²) in [4.78, 5) is 24.0. The fourth-order valence-electron chi connectivity index (χ4n) is 2.32. The number of amides is 2. The zero-order valence-corrected chi connectivity index (χ0v) is 16.1. The molecule has 8 nitrogen and oxygen atoms in total. The smallest absolute Gasteiger partial charge is 0.291 e. The minimum atomic E-state index is -0.409. The van der Waals surface area contributed by atoms with E-state index in [0.717, 1.165) is 0 Å².